The van der Waals surface area contributed by atoms with Gasteiger partial charge >= 0.3 is 5.97 Å². The van der Waals surface area contributed by atoms with Crippen molar-refractivity contribution in [1.82, 2.24) is 5.32 Å². The van der Waals surface area contributed by atoms with Gasteiger partial charge in [-0.3, -0.25) is 4.79 Å². The molecule has 0 saturated heterocycles. The van der Waals surface area contributed by atoms with E-state index in [0.717, 1.165) is 13.0 Å². The molecular formula is C13H27NO2. The summed E-state index contributed by atoms with van der Waals surface area (Å²) in [6, 6.07) is 0. The third kappa shape index (κ3) is 13.4. The third-order valence-corrected chi connectivity index (χ3v) is 2.73. The molecule has 3 heteroatoms. The van der Waals surface area contributed by atoms with E-state index in [1.807, 2.05) is 0 Å². The SMILES string of the molecule is CCCCCCCCCCCNCC(=O)O. The standard InChI is InChI=1S/C13H27NO2/c1-2-3-4-5-6-7-8-9-10-11-14-12-13(15)16/h14H,2-12H2,1H3,(H,15,16). The van der Waals surface area contributed by atoms with Gasteiger partial charge in [-0.2, -0.15) is 0 Å². The minimum absolute atomic E-state index is 0.0943. The zero-order valence-electron chi connectivity index (χ0n) is 10.6. The first-order valence-corrected chi connectivity index (χ1v) is 6.70. The Bertz CT molecular complexity index is 160. The lowest BCUT2D eigenvalue weighted by atomic mass is 10.1. The predicted octanol–water partition coefficient (Wildman–Crippen LogP) is 3.19. The van der Waals surface area contributed by atoms with E-state index in [1.54, 1.807) is 0 Å². The number of carboxylic acids is 1. The van der Waals surface area contributed by atoms with Gasteiger partial charge in [0.05, 0.1) is 6.54 Å². The Balaban J connectivity index is 2.90. The summed E-state index contributed by atoms with van der Waals surface area (Å²) in [5, 5.41) is 11.3. The van der Waals surface area contributed by atoms with Gasteiger partial charge in [0.15, 0.2) is 0 Å². The molecule has 16 heavy (non-hydrogen) atoms. The summed E-state index contributed by atoms with van der Waals surface area (Å²) in [5.74, 6) is -0.768. The fourth-order valence-corrected chi connectivity index (χ4v) is 1.76. The second-order valence-corrected chi connectivity index (χ2v) is 4.40. The average Bonchev–Trinajstić information content (AvgIpc) is 2.25. The molecule has 0 unspecified atom stereocenters. The Labute approximate surface area is 99.6 Å². The van der Waals surface area contributed by atoms with E-state index in [9.17, 15) is 4.79 Å². The van der Waals surface area contributed by atoms with Crippen LogP contribution in [0, 0.1) is 0 Å². The van der Waals surface area contributed by atoms with E-state index in [4.69, 9.17) is 5.11 Å². The summed E-state index contributed by atoms with van der Waals surface area (Å²) in [6.45, 7) is 3.17. The van der Waals surface area contributed by atoms with Gasteiger partial charge in [0.1, 0.15) is 0 Å². The highest BCUT2D eigenvalue weighted by Crippen LogP contribution is 2.08. The highest BCUT2D eigenvalue weighted by Gasteiger charge is 1.95. The van der Waals surface area contributed by atoms with Crippen LogP contribution in [0.4, 0.5) is 0 Å². The van der Waals surface area contributed by atoms with Gasteiger partial charge in [-0.05, 0) is 13.0 Å². The zero-order valence-corrected chi connectivity index (χ0v) is 10.6. The summed E-state index contributed by atoms with van der Waals surface area (Å²) < 4.78 is 0. The number of hydrogen-bond donors (Lipinski definition) is 2. The maximum atomic E-state index is 10.2. The van der Waals surface area contributed by atoms with Crippen LogP contribution < -0.4 is 5.32 Å². The lowest BCUT2D eigenvalue weighted by molar-refractivity contribution is -0.135. The first-order valence-electron chi connectivity index (χ1n) is 6.70. The van der Waals surface area contributed by atoms with E-state index in [0.29, 0.717) is 0 Å². The normalized spacial score (nSPS) is 10.6. The zero-order chi connectivity index (χ0) is 12.1. The maximum Gasteiger partial charge on any atom is 0.317 e. The highest BCUT2D eigenvalue weighted by atomic mass is 16.4. The molecule has 2 N–H and O–H groups in total. The van der Waals surface area contributed by atoms with Crippen LogP contribution in [0.2, 0.25) is 0 Å². The molecule has 0 aromatic carbocycles. The molecule has 0 amide bonds. The molecule has 0 saturated carbocycles. The molecule has 0 fully saturated rings. The van der Waals surface area contributed by atoms with Crippen molar-refractivity contribution in [1.29, 1.82) is 0 Å². The quantitative estimate of drug-likeness (QED) is 0.505. The Morgan fingerprint density at radius 3 is 1.94 bits per heavy atom. The molecule has 0 heterocycles. The van der Waals surface area contributed by atoms with Crippen molar-refractivity contribution in [3.63, 3.8) is 0 Å². The lowest BCUT2D eigenvalue weighted by Crippen LogP contribution is -2.23. The Kier molecular flexibility index (Phi) is 12.1. The Hall–Kier alpha value is -0.570. The van der Waals surface area contributed by atoms with Gasteiger partial charge in [0.2, 0.25) is 0 Å². The van der Waals surface area contributed by atoms with Crippen LogP contribution >= 0.6 is 0 Å². The van der Waals surface area contributed by atoms with Gasteiger partial charge in [-0.15, -0.1) is 0 Å². The molecule has 3 nitrogen and oxygen atoms in total. The highest BCUT2D eigenvalue weighted by molar-refractivity contribution is 5.68. The second kappa shape index (κ2) is 12.5. The molecule has 0 aliphatic heterocycles. The first kappa shape index (κ1) is 15.4. The number of carbonyl (C=O) groups is 1. The van der Waals surface area contributed by atoms with Gasteiger partial charge in [0, 0.05) is 0 Å². The Morgan fingerprint density at radius 1 is 0.938 bits per heavy atom. The van der Waals surface area contributed by atoms with Crippen LogP contribution in [0.5, 0.6) is 0 Å². The second-order valence-electron chi connectivity index (χ2n) is 4.40. The van der Waals surface area contributed by atoms with Crippen LogP contribution in [0.15, 0.2) is 0 Å². The minimum atomic E-state index is -0.768. The van der Waals surface area contributed by atoms with Crippen molar-refractivity contribution < 1.29 is 9.90 Å². The molecule has 0 spiro atoms. The monoisotopic (exact) mass is 229 g/mol. The molecule has 0 bridgehead atoms. The number of aliphatic carboxylic acids is 1. The van der Waals surface area contributed by atoms with Crippen LogP contribution in [0.25, 0.3) is 0 Å². The van der Waals surface area contributed by atoms with Crippen LogP contribution in [-0.2, 0) is 4.79 Å². The molecule has 0 aromatic rings. The van der Waals surface area contributed by atoms with Crippen molar-refractivity contribution >= 4 is 5.97 Å². The molecule has 0 aliphatic rings. The third-order valence-electron chi connectivity index (χ3n) is 2.73. The molecule has 0 aliphatic carbocycles. The van der Waals surface area contributed by atoms with Crippen molar-refractivity contribution in [3.8, 4) is 0 Å². The van der Waals surface area contributed by atoms with Crippen molar-refractivity contribution in [3.05, 3.63) is 0 Å². The summed E-state index contributed by atoms with van der Waals surface area (Å²) in [6.07, 6.45) is 11.8. The Morgan fingerprint density at radius 2 is 1.44 bits per heavy atom. The topological polar surface area (TPSA) is 49.3 Å². The smallest absolute Gasteiger partial charge is 0.317 e. The van der Waals surface area contributed by atoms with E-state index in [-0.39, 0.29) is 6.54 Å². The number of nitrogens with one attached hydrogen (secondary N) is 1. The van der Waals surface area contributed by atoms with E-state index >= 15 is 0 Å². The van der Waals surface area contributed by atoms with Gasteiger partial charge in [-0.1, -0.05) is 58.3 Å². The van der Waals surface area contributed by atoms with Crippen LogP contribution in [-0.4, -0.2) is 24.2 Å². The van der Waals surface area contributed by atoms with Gasteiger partial charge < -0.3 is 10.4 Å². The van der Waals surface area contributed by atoms with Crippen molar-refractivity contribution in [2.45, 2.75) is 64.7 Å². The maximum absolute atomic E-state index is 10.2. The molecular weight excluding hydrogens is 202 g/mol. The minimum Gasteiger partial charge on any atom is -0.480 e. The van der Waals surface area contributed by atoms with Crippen molar-refractivity contribution in [2.75, 3.05) is 13.1 Å². The summed E-state index contributed by atoms with van der Waals surface area (Å²) >= 11 is 0. The molecule has 0 radical (unpaired) electrons. The first-order chi connectivity index (χ1) is 7.77. The average molecular weight is 229 g/mol. The lowest BCUT2D eigenvalue weighted by Gasteiger charge is -2.02. The van der Waals surface area contributed by atoms with Crippen molar-refractivity contribution in [2.24, 2.45) is 0 Å². The molecule has 0 aromatic heterocycles. The largest absolute Gasteiger partial charge is 0.480 e. The fraction of sp³-hybridized carbons (Fsp3) is 0.923. The number of hydrogen-bond acceptors (Lipinski definition) is 2. The van der Waals surface area contributed by atoms with E-state index in [2.05, 4.69) is 12.2 Å². The van der Waals surface area contributed by atoms with Crippen LogP contribution in [0.1, 0.15) is 64.7 Å². The van der Waals surface area contributed by atoms with Crippen LogP contribution in [0.3, 0.4) is 0 Å². The number of rotatable bonds is 12. The van der Waals surface area contributed by atoms with Gasteiger partial charge in [-0.25, -0.2) is 0 Å². The molecule has 96 valence electrons. The summed E-state index contributed by atoms with van der Waals surface area (Å²) in [4.78, 5) is 10.2. The van der Waals surface area contributed by atoms with E-state index in [1.165, 1.54) is 51.4 Å². The predicted molar refractivity (Wildman–Crippen MR) is 67.7 cm³/mol. The van der Waals surface area contributed by atoms with Gasteiger partial charge in [0.25, 0.3) is 0 Å². The number of carboxylic acid groups (broad SMARTS) is 1. The summed E-state index contributed by atoms with van der Waals surface area (Å²) in [7, 11) is 0. The van der Waals surface area contributed by atoms with E-state index < -0.39 is 5.97 Å². The molecule has 0 atom stereocenters. The summed E-state index contributed by atoms with van der Waals surface area (Å²) in [5.41, 5.74) is 0. The fourth-order valence-electron chi connectivity index (χ4n) is 1.76. The number of unbranched alkanes of at least 4 members (excludes halogenated alkanes) is 8. The molecule has 0 rings (SSSR count).